The average molecular weight is 421 g/mol. The van der Waals surface area contributed by atoms with Gasteiger partial charge in [-0.15, -0.1) is 0 Å². The molecule has 0 atom stereocenters. The van der Waals surface area contributed by atoms with Gasteiger partial charge in [0.25, 0.3) is 8.32 Å². The lowest BCUT2D eigenvalue weighted by molar-refractivity contribution is 0.304. The molecule has 1 aromatic heterocycles. The zero-order valence-electron chi connectivity index (χ0n) is 18.1. The molecule has 3 rings (SSSR count). The number of benzene rings is 2. The lowest BCUT2D eigenvalue weighted by Crippen LogP contribution is -2.66. The highest BCUT2D eigenvalue weighted by atomic mass is 28.4. The first kappa shape index (κ1) is 22.1. The Morgan fingerprint density at radius 3 is 1.90 bits per heavy atom. The van der Waals surface area contributed by atoms with Crippen molar-refractivity contribution in [3.05, 3.63) is 90.8 Å². The summed E-state index contributed by atoms with van der Waals surface area (Å²) in [4.78, 5) is 8.11. The zero-order valence-corrected chi connectivity index (χ0v) is 19.1. The molecule has 0 aliphatic rings. The van der Waals surface area contributed by atoms with Crippen molar-refractivity contribution in [1.29, 1.82) is 0 Å². The Hall–Kier alpha value is -2.63. The van der Waals surface area contributed by atoms with Gasteiger partial charge in [0, 0.05) is 6.61 Å². The van der Waals surface area contributed by atoms with E-state index in [0.717, 1.165) is 12.0 Å². The molecule has 0 saturated carbocycles. The van der Waals surface area contributed by atoms with Crippen molar-refractivity contribution in [3.8, 4) is 0 Å². The van der Waals surface area contributed by atoms with E-state index >= 15 is 0 Å². The van der Waals surface area contributed by atoms with E-state index in [-0.39, 0.29) is 5.04 Å². The van der Waals surface area contributed by atoms with Gasteiger partial charge in [0.15, 0.2) is 11.6 Å². The molecule has 156 valence electrons. The molecule has 0 radical (unpaired) electrons. The summed E-state index contributed by atoms with van der Waals surface area (Å²) in [6, 6.07) is 21.2. The highest BCUT2D eigenvalue weighted by Gasteiger charge is 2.49. The Balaban J connectivity index is 1.88. The fraction of sp³-hybridized carbons (Fsp3) is 0.280. The predicted molar refractivity (Wildman–Crippen MR) is 124 cm³/mol. The molecule has 5 heteroatoms. The van der Waals surface area contributed by atoms with Crippen LogP contribution in [-0.2, 0) is 4.43 Å². The van der Waals surface area contributed by atoms with E-state index in [9.17, 15) is 4.39 Å². The minimum absolute atomic E-state index is 0.0471. The second-order valence-corrected chi connectivity index (χ2v) is 12.7. The van der Waals surface area contributed by atoms with Crippen molar-refractivity contribution in [3.63, 3.8) is 0 Å². The van der Waals surface area contributed by atoms with Crippen molar-refractivity contribution in [2.75, 3.05) is 6.61 Å². The van der Waals surface area contributed by atoms with Crippen LogP contribution in [0.1, 0.15) is 39.9 Å². The quantitative estimate of drug-likeness (QED) is 0.399. The van der Waals surface area contributed by atoms with Crippen molar-refractivity contribution in [1.82, 2.24) is 9.97 Å². The van der Waals surface area contributed by atoms with Crippen molar-refractivity contribution in [2.45, 2.75) is 39.2 Å². The molecule has 0 unspecified atom stereocenters. The summed E-state index contributed by atoms with van der Waals surface area (Å²) >= 11 is 0. The predicted octanol–water partition coefficient (Wildman–Crippen LogP) is 4.99. The van der Waals surface area contributed by atoms with Gasteiger partial charge >= 0.3 is 0 Å². The normalized spacial score (nSPS) is 12.8. The number of halogens is 1. The lowest BCUT2D eigenvalue weighted by atomic mass is 10.2. The third kappa shape index (κ3) is 4.74. The molecule has 3 aromatic rings. The highest BCUT2D eigenvalue weighted by Crippen LogP contribution is 2.36. The number of allylic oxidation sites excluding steroid dienone is 1. The van der Waals surface area contributed by atoms with Crippen LogP contribution in [0.3, 0.4) is 0 Å². The SMILES string of the molecule is CC(=CCCO[Si](c1ccccc1)(c1ccccc1)C(C)(C)C)c1ncc(F)cn1. The fourth-order valence-corrected chi connectivity index (χ4v) is 8.44. The van der Waals surface area contributed by atoms with Crippen molar-refractivity contribution < 1.29 is 8.82 Å². The second-order valence-electron chi connectivity index (χ2n) is 8.41. The van der Waals surface area contributed by atoms with E-state index < -0.39 is 14.1 Å². The number of rotatable bonds is 7. The fourth-order valence-electron chi connectivity index (χ4n) is 3.86. The van der Waals surface area contributed by atoms with Gasteiger partial charge in [-0.25, -0.2) is 14.4 Å². The summed E-state index contributed by atoms with van der Waals surface area (Å²) in [7, 11) is -2.52. The van der Waals surface area contributed by atoms with Gasteiger partial charge in [0.1, 0.15) is 0 Å². The molecule has 1 heterocycles. The van der Waals surface area contributed by atoms with Crippen LogP contribution in [0.2, 0.25) is 5.04 Å². The average Bonchev–Trinajstić information content (AvgIpc) is 2.74. The van der Waals surface area contributed by atoms with Crippen LogP contribution in [0.4, 0.5) is 4.39 Å². The molecule has 0 aliphatic heterocycles. The number of nitrogens with zero attached hydrogens (tertiary/aromatic N) is 2. The van der Waals surface area contributed by atoms with Crippen LogP contribution in [-0.4, -0.2) is 24.9 Å². The van der Waals surface area contributed by atoms with E-state index in [1.54, 1.807) is 0 Å². The van der Waals surface area contributed by atoms with Crippen LogP contribution >= 0.6 is 0 Å². The Bertz CT molecular complexity index is 928. The molecular formula is C25H29FN2OSi. The van der Waals surface area contributed by atoms with Crippen molar-refractivity contribution in [2.24, 2.45) is 0 Å². The monoisotopic (exact) mass is 420 g/mol. The maximum atomic E-state index is 13.1. The molecule has 0 spiro atoms. The van der Waals surface area contributed by atoms with Crippen LogP contribution in [0.25, 0.3) is 5.57 Å². The molecule has 3 nitrogen and oxygen atoms in total. The largest absolute Gasteiger partial charge is 0.407 e. The molecule has 0 aliphatic carbocycles. The molecule has 0 amide bonds. The topological polar surface area (TPSA) is 35.0 Å². The first-order chi connectivity index (χ1) is 14.3. The lowest BCUT2D eigenvalue weighted by Gasteiger charge is -2.43. The minimum Gasteiger partial charge on any atom is -0.407 e. The van der Waals surface area contributed by atoms with Gasteiger partial charge in [-0.2, -0.15) is 0 Å². The zero-order chi connectivity index (χ0) is 21.6. The van der Waals surface area contributed by atoms with Gasteiger partial charge in [0.05, 0.1) is 12.4 Å². The molecule has 0 fully saturated rings. The van der Waals surface area contributed by atoms with Crippen LogP contribution in [0, 0.1) is 5.82 Å². The van der Waals surface area contributed by atoms with E-state index in [0.29, 0.717) is 12.4 Å². The third-order valence-corrected chi connectivity index (χ3v) is 10.3. The van der Waals surface area contributed by atoms with Gasteiger partial charge < -0.3 is 4.43 Å². The summed E-state index contributed by atoms with van der Waals surface area (Å²) < 4.78 is 19.9. The Morgan fingerprint density at radius 2 is 1.43 bits per heavy atom. The maximum Gasteiger partial charge on any atom is 0.261 e. The third-order valence-electron chi connectivity index (χ3n) is 5.28. The van der Waals surface area contributed by atoms with E-state index in [4.69, 9.17) is 4.43 Å². The van der Waals surface area contributed by atoms with E-state index in [2.05, 4.69) is 85.3 Å². The van der Waals surface area contributed by atoms with Gasteiger partial charge in [-0.05, 0) is 34.3 Å². The van der Waals surface area contributed by atoms with Crippen LogP contribution < -0.4 is 10.4 Å². The van der Waals surface area contributed by atoms with Gasteiger partial charge in [-0.1, -0.05) is 87.5 Å². The molecule has 30 heavy (non-hydrogen) atoms. The first-order valence-electron chi connectivity index (χ1n) is 10.2. The van der Waals surface area contributed by atoms with Crippen LogP contribution in [0.15, 0.2) is 79.1 Å². The molecular weight excluding hydrogens is 391 g/mol. The molecule has 0 saturated heterocycles. The van der Waals surface area contributed by atoms with Crippen molar-refractivity contribution >= 4 is 24.3 Å². The standard InChI is InChI=1S/C25H29FN2OSi/c1-20(24-27-18-21(26)19-28-24)12-11-17-29-30(25(2,3)4,22-13-7-5-8-14-22)23-15-9-6-10-16-23/h5-10,12-16,18-19H,11,17H2,1-4H3. The summed E-state index contributed by atoms with van der Waals surface area (Å²) in [6.45, 7) is 9.34. The summed E-state index contributed by atoms with van der Waals surface area (Å²) in [5.41, 5.74) is 0.918. The molecule has 2 aromatic carbocycles. The number of hydrogen-bond donors (Lipinski definition) is 0. The second kappa shape index (κ2) is 9.45. The van der Waals surface area contributed by atoms with E-state index in [1.165, 1.54) is 22.8 Å². The summed E-state index contributed by atoms with van der Waals surface area (Å²) in [6.07, 6.45) is 5.18. The minimum atomic E-state index is -2.52. The summed E-state index contributed by atoms with van der Waals surface area (Å²) in [5.74, 6) is 0.114. The van der Waals surface area contributed by atoms with Crippen LogP contribution in [0.5, 0.6) is 0 Å². The maximum absolute atomic E-state index is 13.1. The number of aromatic nitrogens is 2. The molecule has 0 N–H and O–H groups in total. The Kier molecular flexibility index (Phi) is 6.95. The summed E-state index contributed by atoms with van der Waals surface area (Å²) in [5, 5.41) is 2.49. The highest BCUT2D eigenvalue weighted by molar-refractivity contribution is 6.99. The van der Waals surface area contributed by atoms with Gasteiger partial charge in [-0.3, -0.25) is 0 Å². The number of hydrogen-bond acceptors (Lipinski definition) is 3. The Morgan fingerprint density at radius 1 is 0.933 bits per heavy atom. The van der Waals surface area contributed by atoms with Gasteiger partial charge in [0.2, 0.25) is 0 Å². The Labute approximate surface area is 179 Å². The smallest absolute Gasteiger partial charge is 0.261 e. The first-order valence-corrected chi connectivity index (χ1v) is 12.1. The van der Waals surface area contributed by atoms with E-state index in [1.807, 2.05) is 19.1 Å². The molecule has 0 bridgehead atoms.